The molecule has 0 saturated heterocycles. The monoisotopic (exact) mass is 261 g/mol. The van der Waals surface area contributed by atoms with Crippen molar-refractivity contribution in [3.8, 4) is 0 Å². The molecule has 0 bridgehead atoms. The smallest absolute Gasteiger partial charge is 0.416 e. The van der Waals surface area contributed by atoms with E-state index in [0.29, 0.717) is 0 Å². The summed E-state index contributed by atoms with van der Waals surface area (Å²) in [6.07, 6.45) is -4.48. The number of carbonyl (C=O) groups excluding carboxylic acids is 1. The molecule has 0 radical (unpaired) electrons. The van der Waals surface area contributed by atoms with E-state index in [1.807, 2.05) is 0 Å². The number of carbonyl (C=O) groups is 2. The number of aliphatic carboxylic acids is 1. The molecule has 0 spiro atoms. The fourth-order valence-electron chi connectivity index (χ4n) is 1.36. The van der Waals surface area contributed by atoms with Gasteiger partial charge in [-0.05, 0) is 17.7 Å². The maximum Gasteiger partial charge on any atom is 0.416 e. The average Bonchev–Trinajstić information content (AvgIpc) is 2.24. The number of carboxylic acids is 1. The van der Waals surface area contributed by atoms with Crippen LogP contribution in [-0.4, -0.2) is 17.0 Å². The second-order valence-corrected chi connectivity index (χ2v) is 3.59. The number of halogens is 3. The van der Waals surface area contributed by atoms with E-state index in [1.165, 1.54) is 0 Å². The highest BCUT2D eigenvalue weighted by molar-refractivity contribution is 5.83. The summed E-state index contributed by atoms with van der Waals surface area (Å²) in [5, 5.41) is 11.0. The second-order valence-electron chi connectivity index (χ2n) is 3.59. The van der Waals surface area contributed by atoms with E-state index < -0.39 is 29.7 Å². The zero-order chi connectivity index (χ0) is 13.9. The number of hydrogen-bond donors (Lipinski definition) is 2. The van der Waals surface area contributed by atoms with E-state index in [-0.39, 0.29) is 5.56 Å². The molecule has 0 saturated carbocycles. The third-order valence-electron chi connectivity index (χ3n) is 2.17. The maximum absolute atomic E-state index is 12.3. The van der Waals surface area contributed by atoms with E-state index in [0.717, 1.165) is 31.2 Å². The minimum absolute atomic E-state index is 0.0747. The fourth-order valence-corrected chi connectivity index (χ4v) is 1.36. The summed E-state index contributed by atoms with van der Waals surface area (Å²) in [5.74, 6) is -1.92. The molecule has 0 aliphatic rings. The number of hydrogen-bond acceptors (Lipinski definition) is 2. The maximum atomic E-state index is 12.3. The average molecular weight is 261 g/mol. The second kappa shape index (κ2) is 5.07. The number of alkyl halides is 3. The van der Waals surface area contributed by atoms with Crippen molar-refractivity contribution in [2.24, 2.45) is 0 Å². The van der Waals surface area contributed by atoms with Gasteiger partial charge < -0.3 is 10.4 Å². The lowest BCUT2D eigenvalue weighted by atomic mass is 10.0. The Hall–Kier alpha value is -2.05. The van der Waals surface area contributed by atoms with Gasteiger partial charge in [0.1, 0.15) is 0 Å². The lowest BCUT2D eigenvalue weighted by Crippen LogP contribution is -2.32. The largest absolute Gasteiger partial charge is 0.479 e. The first-order valence-corrected chi connectivity index (χ1v) is 4.89. The van der Waals surface area contributed by atoms with E-state index in [9.17, 15) is 22.8 Å². The Kier molecular flexibility index (Phi) is 3.95. The predicted molar refractivity (Wildman–Crippen MR) is 55.6 cm³/mol. The molecular weight excluding hydrogens is 251 g/mol. The van der Waals surface area contributed by atoms with Crippen molar-refractivity contribution in [1.29, 1.82) is 0 Å². The van der Waals surface area contributed by atoms with Crippen LogP contribution in [0.15, 0.2) is 24.3 Å². The van der Waals surface area contributed by atoms with Crippen LogP contribution in [0.3, 0.4) is 0 Å². The summed E-state index contributed by atoms with van der Waals surface area (Å²) in [7, 11) is 0. The highest BCUT2D eigenvalue weighted by atomic mass is 19.4. The molecule has 0 fully saturated rings. The topological polar surface area (TPSA) is 66.4 Å². The van der Waals surface area contributed by atoms with Crippen molar-refractivity contribution in [3.05, 3.63) is 35.4 Å². The first-order valence-electron chi connectivity index (χ1n) is 4.89. The lowest BCUT2D eigenvalue weighted by molar-refractivity contribution is -0.141. The minimum Gasteiger partial charge on any atom is -0.479 e. The van der Waals surface area contributed by atoms with Crippen molar-refractivity contribution >= 4 is 11.9 Å². The summed E-state index contributed by atoms with van der Waals surface area (Å²) in [5.41, 5.74) is -0.802. The van der Waals surface area contributed by atoms with Crippen LogP contribution in [0.5, 0.6) is 0 Å². The molecule has 1 amide bonds. The standard InChI is InChI=1S/C11H10F3NO3/c1-6(16)15-9(10(17)18)7-2-4-8(5-3-7)11(12,13)14/h2-5,9H,1H3,(H,15,16)(H,17,18)/t9-/m1/s1. The van der Waals surface area contributed by atoms with Gasteiger partial charge in [-0.2, -0.15) is 13.2 Å². The number of carboxylic acid groups (broad SMARTS) is 1. The molecule has 1 aromatic carbocycles. The van der Waals surface area contributed by atoms with Crippen LogP contribution in [-0.2, 0) is 15.8 Å². The van der Waals surface area contributed by atoms with E-state index in [2.05, 4.69) is 5.32 Å². The predicted octanol–water partition coefficient (Wildman–Crippen LogP) is 1.97. The fraction of sp³-hybridized carbons (Fsp3) is 0.273. The molecule has 2 N–H and O–H groups in total. The molecule has 98 valence electrons. The first kappa shape index (κ1) is 14.0. The lowest BCUT2D eigenvalue weighted by Gasteiger charge is -2.14. The van der Waals surface area contributed by atoms with Crippen LogP contribution in [0.2, 0.25) is 0 Å². The van der Waals surface area contributed by atoms with E-state index >= 15 is 0 Å². The molecule has 18 heavy (non-hydrogen) atoms. The quantitative estimate of drug-likeness (QED) is 0.874. The molecule has 0 aromatic heterocycles. The van der Waals surface area contributed by atoms with Gasteiger partial charge in [-0.3, -0.25) is 4.79 Å². The molecule has 0 heterocycles. The Morgan fingerprint density at radius 2 is 1.72 bits per heavy atom. The molecule has 4 nitrogen and oxygen atoms in total. The van der Waals surface area contributed by atoms with Crippen molar-refractivity contribution in [3.63, 3.8) is 0 Å². The van der Waals surface area contributed by atoms with Gasteiger partial charge in [0.05, 0.1) is 5.56 Å². The van der Waals surface area contributed by atoms with Gasteiger partial charge in [-0.15, -0.1) is 0 Å². The van der Waals surface area contributed by atoms with Gasteiger partial charge in [-0.1, -0.05) is 12.1 Å². The van der Waals surface area contributed by atoms with Gasteiger partial charge >= 0.3 is 12.1 Å². The van der Waals surface area contributed by atoms with Gasteiger partial charge in [0.15, 0.2) is 6.04 Å². The first-order chi connectivity index (χ1) is 8.21. The highest BCUT2D eigenvalue weighted by Crippen LogP contribution is 2.29. The summed E-state index contributed by atoms with van der Waals surface area (Å²) in [6, 6.07) is 2.24. The molecule has 0 aliphatic carbocycles. The van der Waals surface area contributed by atoms with Gasteiger partial charge in [-0.25, -0.2) is 4.79 Å². The van der Waals surface area contributed by atoms with Crippen LogP contribution in [0, 0.1) is 0 Å². The molecule has 1 rings (SSSR count). The normalized spacial score (nSPS) is 12.9. The van der Waals surface area contributed by atoms with Crippen molar-refractivity contribution in [1.82, 2.24) is 5.32 Å². The summed E-state index contributed by atoms with van der Waals surface area (Å²) in [4.78, 5) is 21.7. The minimum atomic E-state index is -4.48. The third kappa shape index (κ3) is 3.47. The van der Waals surface area contributed by atoms with Gasteiger partial charge in [0.2, 0.25) is 5.91 Å². The van der Waals surface area contributed by atoms with Crippen molar-refractivity contribution in [2.45, 2.75) is 19.1 Å². The summed E-state index contributed by atoms with van der Waals surface area (Å²) in [6.45, 7) is 1.13. The Bertz CT molecular complexity index is 454. The number of nitrogens with one attached hydrogen (secondary N) is 1. The van der Waals surface area contributed by atoms with Crippen LogP contribution < -0.4 is 5.32 Å². The van der Waals surface area contributed by atoms with E-state index in [4.69, 9.17) is 5.11 Å². The Balaban J connectivity index is 3.01. The third-order valence-corrected chi connectivity index (χ3v) is 2.17. The van der Waals surface area contributed by atoms with Crippen LogP contribution in [0.25, 0.3) is 0 Å². The Labute approximate surface area is 100 Å². The molecule has 1 atom stereocenters. The van der Waals surface area contributed by atoms with Crippen molar-refractivity contribution in [2.75, 3.05) is 0 Å². The summed E-state index contributed by atoms with van der Waals surface area (Å²) >= 11 is 0. The molecule has 0 unspecified atom stereocenters. The molecule has 1 aromatic rings. The van der Waals surface area contributed by atoms with Crippen LogP contribution >= 0.6 is 0 Å². The Morgan fingerprint density at radius 1 is 1.22 bits per heavy atom. The molecule has 7 heteroatoms. The number of rotatable bonds is 3. The van der Waals surface area contributed by atoms with Gasteiger partial charge in [0.25, 0.3) is 0 Å². The Morgan fingerprint density at radius 3 is 2.06 bits per heavy atom. The zero-order valence-corrected chi connectivity index (χ0v) is 9.28. The highest BCUT2D eigenvalue weighted by Gasteiger charge is 2.30. The van der Waals surface area contributed by atoms with E-state index in [1.54, 1.807) is 0 Å². The summed E-state index contributed by atoms with van der Waals surface area (Å²) < 4.78 is 36.9. The molecular formula is C11H10F3NO3. The number of amides is 1. The van der Waals surface area contributed by atoms with Crippen LogP contribution in [0.4, 0.5) is 13.2 Å². The zero-order valence-electron chi connectivity index (χ0n) is 9.28. The van der Waals surface area contributed by atoms with Crippen LogP contribution in [0.1, 0.15) is 24.1 Å². The SMILES string of the molecule is CC(=O)N[C@@H](C(=O)O)c1ccc(C(F)(F)F)cc1. The van der Waals surface area contributed by atoms with Gasteiger partial charge in [0, 0.05) is 6.92 Å². The molecule has 0 aliphatic heterocycles. The van der Waals surface area contributed by atoms with Crippen molar-refractivity contribution < 1.29 is 27.9 Å². The number of benzene rings is 1.